The summed E-state index contributed by atoms with van der Waals surface area (Å²) in [5.41, 5.74) is 2.98. The molecule has 0 saturated heterocycles. The van der Waals surface area contributed by atoms with Crippen molar-refractivity contribution in [2.45, 2.75) is 98.7 Å². The van der Waals surface area contributed by atoms with Gasteiger partial charge in [-0.2, -0.15) is 15.8 Å². The molecule has 0 spiro atoms. The molecular weight excluding hydrogens is 617 g/mol. The SMILES string of the molecule is CCCCN(CCCC)c1ccc(/C=C/c2ccc(/C=C/C(CC)=C(\C#N)C(OCC)=C(C#N)C#N)s2)c(O[Si](C)(C)C(C)(C)C)c1. The van der Waals surface area contributed by atoms with E-state index in [0.29, 0.717) is 12.0 Å². The van der Waals surface area contributed by atoms with Crippen LogP contribution in [0.1, 0.15) is 95.9 Å². The molecule has 0 aliphatic rings. The van der Waals surface area contributed by atoms with Crippen molar-refractivity contribution in [3.8, 4) is 24.0 Å². The number of nitrogens with zero attached hydrogens (tertiary/aromatic N) is 4. The molecule has 0 fully saturated rings. The van der Waals surface area contributed by atoms with E-state index in [4.69, 9.17) is 9.16 Å². The van der Waals surface area contributed by atoms with Gasteiger partial charge in [-0.25, -0.2) is 0 Å². The third kappa shape index (κ3) is 11.3. The summed E-state index contributed by atoms with van der Waals surface area (Å²) in [7, 11) is -2.09. The van der Waals surface area contributed by atoms with Gasteiger partial charge >= 0.3 is 0 Å². The van der Waals surface area contributed by atoms with E-state index >= 15 is 0 Å². The third-order valence-electron chi connectivity index (χ3n) is 8.40. The van der Waals surface area contributed by atoms with Crippen LogP contribution in [-0.4, -0.2) is 28.0 Å². The van der Waals surface area contributed by atoms with Gasteiger partial charge in [0, 0.05) is 40.2 Å². The summed E-state index contributed by atoms with van der Waals surface area (Å²) in [5.74, 6) is 0.978. The predicted octanol–water partition coefficient (Wildman–Crippen LogP) is 11.3. The molecule has 1 aromatic heterocycles. The van der Waals surface area contributed by atoms with E-state index in [-0.39, 0.29) is 28.6 Å². The third-order valence-corrected chi connectivity index (χ3v) is 13.8. The van der Waals surface area contributed by atoms with E-state index in [9.17, 15) is 15.8 Å². The average molecular weight is 669 g/mol. The predicted molar refractivity (Wildman–Crippen MR) is 201 cm³/mol. The molecule has 250 valence electrons. The Morgan fingerprint density at radius 1 is 0.872 bits per heavy atom. The lowest BCUT2D eigenvalue weighted by Crippen LogP contribution is -2.44. The summed E-state index contributed by atoms with van der Waals surface area (Å²) < 4.78 is 12.5. The summed E-state index contributed by atoms with van der Waals surface area (Å²) in [6, 6.07) is 16.6. The maximum absolute atomic E-state index is 9.91. The Labute approximate surface area is 289 Å². The topological polar surface area (TPSA) is 93.1 Å². The molecule has 1 heterocycles. The first-order valence-electron chi connectivity index (χ1n) is 16.7. The van der Waals surface area contributed by atoms with Gasteiger partial charge in [0.25, 0.3) is 8.32 Å². The molecular formula is C39H52N4O2SSi. The van der Waals surface area contributed by atoms with Crippen LogP contribution < -0.4 is 9.33 Å². The van der Waals surface area contributed by atoms with Crippen LogP contribution in [0.25, 0.3) is 18.2 Å². The zero-order valence-corrected chi connectivity index (χ0v) is 31.7. The first-order chi connectivity index (χ1) is 22.4. The highest BCUT2D eigenvalue weighted by Crippen LogP contribution is 2.40. The second-order valence-electron chi connectivity index (χ2n) is 12.9. The summed E-state index contributed by atoms with van der Waals surface area (Å²) in [6.07, 6.45) is 13.3. The molecule has 1 aromatic carbocycles. The molecule has 2 rings (SSSR count). The molecule has 47 heavy (non-hydrogen) atoms. The van der Waals surface area contributed by atoms with Crippen molar-refractivity contribution in [2.75, 3.05) is 24.6 Å². The highest BCUT2D eigenvalue weighted by Gasteiger charge is 2.39. The number of thiophene rings is 1. The minimum atomic E-state index is -2.09. The van der Waals surface area contributed by atoms with Gasteiger partial charge in [-0.1, -0.05) is 60.5 Å². The van der Waals surface area contributed by atoms with Gasteiger partial charge in [-0.15, -0.1) is 11.3 Å². The molecule has 0 atom stereocenters. The van der Waals surface area contributed by atoms with Gasteiger partial charge < -0.3 is 14.1 Å². The zero-order chi connectivity index (χ0) is 35.0. The minimum Gasteiger partial charge on any atom is -0.543 e. The lowest BCUT2D eigenvalue weighted by molar-refractivity contribution is 0.237. The Balaban J connectivity index is 2.48. The Hall–Kier alpha value is -4.03. The second-order valence-corrected chi connectivity index (χ2v) is 18.8. The van der Waals surface area contributed by atoms with Gasteiger partial charge in [0.15, 0.2) is 11.3 Å². The summed E-state index contributed by atoms with van der Waals surface area (Å²) in [6.45, 7) is 21.9. The fraction of sp³-hybridized carbons (Fsp3) is 0.462. The maximum atomic E-state index is 9.91. The van der Waals surface area contributed by atoms with Crippen LogP contribution in [0.2, 0.25) is 18.1 Å². The van der Waals surface area contributed by atoms with Crippen LogP contribution in [0.3, 0.4) is 0 Å². The first-order valence-corrected chi connectivity index (χ1v) is 20.5. The molecule has 0 aliphatic carbocycles. The van der Waals surface area contributed by atoms with Crippen LogP contribution >= 0.6 is 11.3 Å². The Morgan fingerprint density at radius 3 is 2.00 bits per heavy atom. The number of allylic oxidation sites excluding steroid dienone is 4. The van der Waals surface area contributed by atoms with E-state index in [1.165, 1.54) is 18.5 Å². The normalized spacial score (nSPS) is 12.3. The van der Waals surface area contributed by atoms with Crippen molar-refractivity contribution in [3.05, 3.63) is 74.2 Å². The van der Waals surface area contributed by atoms with Gasteiger partial charge in [-0.3, -0.25) is 0 Å². The molecule has 8 heteroatoms. The highest BCUT2D eigenvalue weighted by molar-refractivity contribution is 7.13. The molecule has 0 saturated carbocycles. The number of unbranched alkanes of at least 4 members (excludes halogenated alkanes) is 2. The standard InChI is InChI=1S/C39H52N4O2SSi/c1-10-14-24-43(25-15-11-2)33-19-16-31(37(26-33)45-47(8,9)39(5,6)7)18-21-35-23-22-34(46-35)20-17-30(12-3)36(29-42)38(44-13-4)32(27-40)28-41/h16-23,26H,10-15,24-25H2,1-9H3/b20-17+,21-18+,36-30+. The monoisotopic (exact) mass is 668 g/mol. The van der Waals surface area contributed by atoms with Crippen LogP contribution in [0, 0.1) is 34.0 Å². The Kier molecular flexibility index (Phi) is 15.8. The van der Waals surface area contributed by atoms with Crippen molar-refractivity contribution in [3.63, 3.8) is 0 Å². The van der Waals surface area contributed by atoms with Gasteiger partial charge in [0.2, 0.25) is 0 Å². The fourth-order valence-electron chi connectivity index (χ4n) is 4.53. The minimum absolute atomic E-state index is 0.0388. The number of ether oxygens (including phenoxy) is 1. The number of hydrogen-bond donors (Lipinski definition) is 0. The average Bonchev–Trinajstić information content (AvgIpc) is 3.50. The maximum Gasteiger partial charge on any atom is 0.250 e. The largest absolute Gasteiger partial charge is 0.543 e. The zero-order valence-electron chi connectivity index (χ0n) is 29.9. The summed E-state index contributed by atoms with van der Waals surface area (Å²) >= 11 is 1.64. The number of rotatable bonds is 17. The first kappa shape index (κ1) is 39.1. The van der Waals surface area contributed by atoms with Crippen molar-refractivity contribution < 1.29 is 9.16 Å². The van der Waals surface area contributed by atoms with Gasteiger partial charge in [0.05, 0.1) is 12.2 Å². The lowest BCUT2D eigenvalue weighted by Gasteiger charge is -2.37. The highest BCUT2D eigenvalue weighted by atomic mass is 32.1. The van der Waals surface area contributed by atoms with E-state index in [0.717, 1.165) is 47.0 Å². The molecule has 0 amide bonds. The smallest absolute Gasteiger partial charge is 0.250 e. The molecule has 0 radical (unpaired) electrons. The molecule has 0 unspecified atom stereocenters. The molecule has 0 N–H and O–H groups in total. The van der Waals surface area contributed by atoms with Crippen molar-refractivity contribution in [1.29, 1.82) is 15.8 Å². The van der Waals surface area contributed by atoms with E-state index in [1.54, 1.807) is 18.3 Å². The summed E-state index contributed by atoms with van der Waals surface area (Å²) in [5, 5.41) is 28.8. The Morgan fingerprint density at radius 2 is 1.49 bits per heavy atom. The lowest BCUT2D eigenvalue weighted by atomic mass is 10.0. The van der Waals surface area contributed by atoms with Crippen molar-refractivity contribution in [1.82, 2.24) is 0 Å². The molecule has 6 nitrogen and oxygen atoms in total. The van der Waals surface area contributed by atoms with Gasteiger partial charge in [-0.05, 0) is 92.4 Å². The van der Waals surface area contributed by atoms with Crippen molar-refractivity contribution >= 4 is 43.6 Å². The van der Waals surface area contributed by atoms with Crippen LogP contribution in [0.4, 0.5) is 5.69 Å². The number of nitriles is 3. The van der Waals surface area contributed by atoms with E-state index in [2.05, 4.69) is 95.1 Å². The number of hydrogen-bond acceptors (Lipinski definition) is 7. The van der Waals surface area contributed by atoms with Gasteiger partial charge in [0.1, 0.15) is 24.0 Å². The van der Waals surface area contributed by atoms with Crippen molar-refractivity contribution in [2.24, 2.45) is 0 Å². The number of anilines is 1. The second kappa shape index (κ2) is 18.9. The Bertz CT molecular complexity index is 1560. The number of benzene rings is 1. The molecule has 2 aromatic rings. The van der Waals surface area contributed by atoms with Crippen LogP contribution in [-0.2, 0) is 4.74 Å². The molecule has 0 bridgehead atoms. The quantitative estimate of drug-likeness (QED) is 0.0720. The van der Waals surface area contributed by atoms with Crippen LogP contribution in [0.5, 0.6) is 5.75 Å². The molecule has 0 aliphatic heterocycles. The summed E-state index contributed by atoms with van der Waals surface area (Å²) in [4.78, 5) is 4.61. The van der Waals surface area contributed by atoms with E-state index < -0.39 is 8.32 Å². The van der Waals surface area contributed by atoms with Crippen LogP contribution in [0.15, 0.2) is 58.9 Å². The van der Waals surface area contributed by atoms with E-state index in [1.807, 2.05) is 37.3 Å². The fourth-order valence-corrected chi connectivity index (χ4v) is 6.38.